The Balaban J connectivity index is 1.78. The van der Waals surface area contributed by atoms with Gasteiger partial charge in [0.2, 0.25) is 5.91 Å². The Labute approximate surface area is 329 Å². The molecule has 2 aliphatic heterocycles. The summed E-state index contributed by atoms with van der Waals surface area (Å²) in [6, 6.07) is -0.822. The average molecular weight is 792 g/mol. The van der Waals surface area contributed by atoms with Crippen LogP contribution in [0.5, 0.6) is 0 Å². The SMILES string of the molecule is CCCCCCCC/C=C\CCCCCCCCCC(=O)NC(COC1OC(CO)C(OC2OC(CO)C(O)C(O)C2O)C(O)C1O)C(O)CCCCCC. The lowest BCUT2D eigenvalue weighted by molar-refractivity contribution is -0.359. The molecule has 14 nitrogen and oxygen atoms in total. The van der Waals surface area contributed by atoms with E-state index in [0.717, 1.165) is 57.8 Å². The highest BCUT2D eigenvalue weighted by molar-refractivity contribution is 5.76. The molecular weight excluding hydrogens is 714 g/mol. The highest BCUT2D eigenvalue weighted by atomic mass is 16.7. The minimum absolute atomic E-state index is 0.222. The van der Waals surface area contributed by atoms with Crippen LogP contribution in [0.2, 0.25) is 0 Å². The molecule has 1 amide bonds. The number of allylic oxidation sites excluding steroid dienone is 2. The van der Waals surface area contributed by atoms with Gasteiger partial charge >= 0.3 is 0 Å². The van der Waals surface area contributed by atoms with Crippen LogP contribution in [0.4, 0.5) is 0 Å². The summed E-state index contributed by atoms with van der Waals surface area (Å²) in [7, 11) is 0. The van der Waals surface area contributed by atoms with Crippen molar-refractivity contribution >= 4 is 5.91 Å². The zero-order valence-corrected chi connectivity index (χ0v) is 33.7. The van der Waals surface area contributed by atoms with Crippen molar-refractivity contribution in [1.82, 2.24) is 5.32 Å². The van der Waals surface area contributed by atoms with Gasteiger partial charge in [0.05, 0.1) is 32.0 Å². The van der Waals surface area contributed by atoms with Crippen molar-refractivity contribution in [3.05, 3.63) is 12.2 Å². The fourth-order valence-corrected chi connectivity index (χ4v) is 7.11. The van der Waals surface area contributed by atoms with Crippen molar-refractivity contribution in [3.63, 3.8) is 0 Å². The Morgan fingerprint density at radius 2 is 1.15 bits per heavy atom. The van der Waals surface area contributed by atoms with Crippen molar-refractivity contribution < 1.29 is 64.6 Å². The van der Waals surface area contributed by atoms with E-state index in [1.807, 2.05) is 0 Å². The van der Waals surface area contributed by atoms with Gasteiger partial charge in [0, 0.05) is 6.42 Å². The number of rotatable bonds is 31. The molecular formula is C41H77NO13. The van der Waals surface area contributed by atoms with Crippen molar-refractivity contribution in [2.45, 2.75) is 222 Å². The summed E-state index contributed by atoms with van der Waals surface area (Å²) < 4.78 is 22.5. The van der Waals surface area contributed by atoms with Crippen LogP contribution in [0.1, 0.15) is 149 Å². The van der Waals surface area contributed by atoms with Gasteiger partial charge in [-0.25, -0.2) is 0 Å². The monoisotopic (exact) mass is 792 g/mol. The molecule has 55 heavy (non-hydrogen) atoms. The predicted molar refractivity (Wildman–Crippen MR) is 208 cm³/mol. The number of nitrogens with one attached hydrogen (secondary N) is 1. The van der Waals surface area contributed by atoms with Crippen LogP contribution in [0.3, 0.4) is 0 Å². The predicted octanol–water partition coefficient (Wildman–Crippen LogP) is 3.26. The van der Waals surface area contributed by atoms with Gasteiger partial charge < -0.3 is 65.1 Å². The van der Waals surface area contributed by atoms with Crippen LogP contribution in [-0.2, 0) is 23.7 Å². The van der Waals surface area contributed by atoms with E-state index in [0.29, 0.717) is 12.8 Å². The van der Waals surface area contributed by atoms with Gasteiger partial charge in [-0.15, -0.1) is 0 Å². The Morgan fingerprint density at radius 3 is 1.73 bits per heavy atom. The lowest BCUT2D eigenvalue weighted by Crippen LogP contribution is -2.65. The van der Waals surface area contributed by atoms with E-state index in [9.17, 15) is 45.6 Å². The number of unbranched alkanes of at least 4 members (excludes halogenated alkanes) is 16. The second-order valence-electron chi connectivity index (χ2n) is 15.5. The summed E-state index contributed by atoms with van der Waals surface area (Å²) in [6.07, 6.45) is 10.2. The maximum atomic E-state index is 13.0. The Hall–Kier alpha value is -1.27. The largest absolute Gasteiger partial charge is 0.394 e. The molecule has 2 saturated heterocycles. The summed E-state index contributed by atoms with van der Waals surface area (Å²) >= 11 is 0. The maximum Gasteiger partial charge on any atom is 0.220 e. The minimum Gasteiger partial charge on any atom is -0.394 e. The molecule has 14 heteroatoms. The molecule has 324 valence electrons. The quantitative estimate of drug-likeness (QED) is 0.0364. The number of hydrogen-bond donors (Lipinski definition) is 9. The molecule has 0 aromatic rings. The summed E-state index contributed by atoms with van der Waals surface area (Å²) in [5.74, 6) is -0.222. The van der Waals surface area contributed by atoms with Crippen LogP contribution in [0.15, 0.2) is 12.2 Å². The van der Waals surface area contributed by atoms with E-state index in [-0.39, 0.29) is 12.5 Å². The zero-order chi connectivity index (χ0) is 40.4. The first-order valence-electron chi connectivity index (χ1n) is 21.4. The van der Waals surface area contributed by atoms with E-state index in [4.69, 9.17) is 18.9 Å². The molecule has 2 fully saturated rings. The molecule has 2 aliphatic rings. The van der Waals surface area contributed by atoms with E-state index < -0.39 is 86.8 Å². The first-order valence-corrected chi connectivity index (χ1v) is 21.4. The molecule has 0 saturated carbocycles. The fourth-order valence-electron chi connectivity index (χ4n) is 7.11. The molecule has 0 aliphatic carbocycles. The summed E-state index contributed by atoms with van der Waals surface area (Å²) in [5.41, 5.74) is 0. The van der Waals surface area contributed by atoms with E-state index >= 15 is 0 Å². The number of aliphatic hydroxyl groups is 8. The molecule has 2 rings (SSSR count). The second kappa shape index (κ2) is 29.9. The second-order valence-corrected chi connectivity index (χ2v) is 15.5. The van der Waals surface area contributed by atoms with Crippen LogP contribution in [0, 0.1) is 0 Å². The third-order valence-electron chi connectivity index (χ3n) is 10.7. The molecule has 12 atom stereocenters. The van der Waals surface area contributed by atoms with Crippen molar-refractivity contribution in [3.8, 4) is 0 Å². The first-order chi connectivity index (χ1) is 26.6. The van der Waals surface area contributed by atoms with Crippen molar-refractivity contribution in [2.75, 3.05) is 19.8 Å². The van der Waals surface area contributed by atoms with Crippen LogP contribution in [0.25, 0.3) is 0 Å². The molecule has 9 N–H and O–H groups in total. The van der Waals surface area contributed by atoms with Gasteiger partial charge in [-0.1, -0.05) is 116 Å². The third kappa shape index (κ3) is 18.9. The summed E-state index contributed by atoms with van der Waals surface area (Å²) in [4.78, 5) is 13.0. The van der Waals surface area contributed by atoms with Crippen molar-refractivity contribution in [2.24, 2.45) is 0 Å². The average Bonchev–Trinajstić information content (AvgIpc) is 3.18. The zero-order valence-electron chi connectivity index (χ0n) is 33.7. The van der Waals surface area contributed by atoms with Gasteiger partial charge in [-0.3, -0.25) is 4.79 Å². The highest BCUT2D eigenvalue weighted by Gasteiger charge is 2.50. The van der Waals surface area contributed by atoms with Crippen LogP contribution in [-0.4, -0.2) is 140 Å². The minimum atomic E-state index is -1.78. The summed E-state index contributed by atoms with van der Waals surface area (Å²) in [5, 5.41) is 85.9. The number of hydrogen-bond acceptors (Lipinski definition) is 13. The topological polar surface area (TPSA) is 228 Å². The lowest BCUT2D eigenvalue weighted by Gasteiger charge is -2.46. The van der Waals surface area contributed by atoms with Gasteiger partial charge in [0.15, 0.2) is 12.6 Å². The first kappa shape index (κ1) is 49.9. The molecule has 0 aromatic carbocycles. The number of ether oxygens (including phenoxy) is 4. The van der Waals surface area contributed by atoms with Gasteiger partial charge in [0.25, 0.3) is 0 Å². The number of carbonyl (C=O) groups excluding carboxylic acids is 1. The number of carbonyl (C=O) groups is 1. The highest BCUT2D eigenvalue weighted by Crippen LogP contribution is 2.30. The van der Waals surface area contributed by atoms with Crippen LogP contribution >= 0.6 is 0 Å². The molecule has 0 radical (unpaired) electrons. The standard InChI is InChI=1S/C41H77NO13/c1-3-5-7-9-10-11-12-13-14-15-16-17-18-19-20-21-23-25-33(46)42-29(30(45)24-22-8-6-4-2)28-52-40-38(51)36(49)39(32(27-44)54-40)55-41-37(50)35(48)34(47)31(26-43)53-41/h13-14,29-32,34-41,43-45,47-51H,3-12,15-28H2,1-2H3,(H,42,46)/b14-13-. The molecule has 2 heterocycles. The van der Waals surface area contributed by atoms with E-state index in [1.54, 1.807) is 0 Å². The lowest BCUT2D eigenvalue weighted by atomic mass is 9.97. The van der Waals surface area contributed by atoms with E-state index in [2.05, 4.69) is 31.3 Å². The Bertz CT molecular complexity index is 988. The Morgan fingerprint density at radius 1 is 0.636 bits per heavy atom. The molecule has 0 bridgehead atoms. The van der Waals surface area contributed by atoms with Crippen LogP contribution < -0.4 is 5.32 Å². The van der Waals surface area contributed by atoms with Gasteiger partial charge in [0.1, 0.15) is 48.8 Å². The van der Waals surface area contributed by atoms with Gasteiger partial charge in [-0.2, -0.15) is 0 Å². The Kier molecular flexibility index (Phi) is 27.1. The fraction of sp³-hybridized carbons (Fsp3) is 0.927. The molecule has 0 spiro atoms. The number of aliphatic hydroxyl groups excluding tert-OH is 8. The normalized spacial score (nSPS) is 29.8. The van der Waals surface area contributed by atoms with E-state index in [1.165, 1.54) is 64.2 Å². The molecule has 0 aromatic heterocycles. The smallest absolute Gasteiger partial charge is 0.220 e. The summed E-state index contributed by atoms with van der Waals surface area (Å²) in [6.45, 7) is 2.68. The molecule has 12 unspecified atom stereocenters. The van der Waals surface area contributed by atoms with Gasteiger partial charge in [-0.05, 0) is 38.5 Å². The third-order valence-corrected chi connectivity index (χ3v) is 10.7. The number of amides is 1. The maximum absolute atomic E-state index is 13.0. The van der Waals surface area contributed by atoms with Crippen molar-refractivity contribution in [1.29, 1.82) is 0 Å².